The lowest BCUT2D eigenvalue weighted by molar-refractivity contribution is 0.0937. The van der Waals surface area contributed by atoms with Gasteiger partial charge in [0.2, 0.25) is 0 Å². The highest BCUT2D eigenvalue weighted by molar-refractivity contribution is 5.94. The first-order chi connectivity index (χ1) is 16.2. The van der Waals surface area contributed by atoms with Gasteiger partial charge in [0.1, 0.15) is 11.6 Å². The van der Waals surface area contributed by atoms with E-state index in [1.165, 1.54) is 5.56 Å². The van der Waals surface area contributed by atoms with Crippen LogP contribution in [0, 0.1) is 0 Å². The second kappa shape index (κ2) is 10.8. The van der Waals surface area contributed by atoms with E-state index < -0.39 is 0 Å². The molecule has 170 valence electrons. The normalized spacial score (nSPS) is 11.9. The SMILES string of the molecule is CCc1ccc(OCCCCn2c(C(C)NC(=O)c3ccccc3)nc3ccccc32)cc1. The second-order valence-electron chi connectivity index (χ2n) is 8.22. The van der Waals surface area contributed by atoms with E-state index in [4.69, 9.17) is 9.72 Å². The monoisotopic (exact) mass is 441 g/mol. The number of aromatic nitrogens is 2. The predicted octanol–water partition coefficient (Wildman–Crippen LogP) is 5.95. The third kappa shape index (κ3) is 5.61. The molecule has 5 heteroatoms. The van der Waals surface area contributed by atoms with E-state index in [9.17, 15) is 4.79 Å². The van der Waals surface area contributed by atoms with Gasteiger partial charge in [0.05, 0.1) is 23.7 Å². The summed E-state index contributed by atoms with van der Waals surface area (Å²) in [5.41, 5.74) is 4.00. The van der Waals surface area contributed by atoms with Gasteiger partial charge >= 0.3 is 0 Å². The Morgan fingerprint density at radius 2 is 1.70 bits per heavy atom. The molecule has 0 radical (unpaired) electrons. The lowest BCUT2D eigenvalue weighted by Crippen LogP contribution is -2.28. The van der Waals surface area contributed by atoms with E-state index >= 15 is 0 Å². The highest BCUT2D eigenvalue weighted by Crippen LogP contribution is 2.22. The molecule has 4 aromatic rings. The summed E-state index contributed by atoms with van der Waals surface area (Å²) in [6.45, 7) is 5.63. The molecule has 1 aromatic heterocycles. The molecule has 3 aromatic carbocycles. The molecule has 0 saturated heterocycles. The molecule has 0 spiro atoms. The Labute approximate surface area is 195 Å². The van der Waals surface area contributed by atoms with Crippen LogP contribution in [0.15, 0.2) is 78.9 Å². The molecule has 5 nitrogen and oxygen atoms in total. The van der Waals surface area contributed by atoms with Crippen molar-refractivity contribution in [1.82, 2.24) is 14.9 Å². The number of amides is 1. The Bertz CT molecular complexity index is 1180. The zero-order valence-corrected chi connectivity index (χ0v) is 19.3. The van der Waals surface area contributed by atoms with E-state index in [0.29, 0.717) is 12.2 Å². The standard InChI is InChI=1S/C28H31N3O2/c1-3-22-15-17-24(18-16-22)33-20-10-9-19-31-26-14-8-7-13-25(26)30-27(31)21(2)29-28(32)23-11-5-4-6-12-23/h4-8,11-18,21H,3,9-10,19-20H2,1-2H3,(H,29,32). The van der Waals surface area contributed by atoms with Gasteiger partial charge < -0.3 is 14.6 Å². The number of imidazole rings is 1. The first-order valence-corrected chi connectivity index (χ1v) is 11.7. The highest BCUT2D eigenvalue weighted by Gasteiger charge is 2.18. The van der Waals surface area contributed by atoms with E-state index in [0.717, 1.165) is 48.4 Å². The summed E-state index contributed by atoms with van der Waals surface area (Å²) in [5, 5.41) is 3.10. The minimum Gasteiger partial charge on any atom is -0.494 e. The zero-order valence-electron chi connectivity index (χ0n) is 19.3. The summed E-state index contributed by atoms with van der Waals surface area (Å²) < 4.78 is 8.13. The smallest absolute Gasteiger partial charge is 0.251 e. The molecule has 33 heavy (non-hydrogen) atoms. The molecule has 0 aliphatic heterocycles. The molecule has 1 amide bonds. The number of aryl methyl sites for hydroxylation is 2. The fraction of sp³-hybridized carbons (Fsp3) is 0.286. The molecule has 1 heterocycles. The molecular weight excluding hydrogens is 410 g/mol. The van der Waals surface area contributed by atoms with Crippen molar-refractivity contribution in [3.8, 4) is 5.75 Å². The summed E-state index contributed by atoms with van der Waals surface area (Å²) in [6.07, 6.45) is 2.93. The molecule has 0 fully saturated rings. The highest BCUT2D eigenvalue weighted by atomic mass is 16.5. The number of rotatable bonds is 10. The molecular formula is C28H31N3O2. The maximum absolute atomic E-state index is 12.7. The van der Waals surface area contributed by atoms with Gasteiger partial charge in [-0.05, 0) is 68.1 Å². The van der Waals surface area contributed by atoms with Crippen molar-refractivity contribution in [2.45, 2.75) is 45.7 Å². The van der Waals surface area contributed by atoms with Crippen molar-refractivity contribution in [3.05, 3.63) is 95.8 Å². The molecule has 0 aliphatic rings. The van der Waals surface area contributed by atoms with Gasteiger partial charge in [-0.1, -0.05) is 49.4 Å². The second-order valence-corrected chi connectivity index (χ2v) is 8.22. The van der Waals surface area contributed by atoms with E-state index in [1.807, 2.05) is 67.6 Å². The number of hydrogen-bond donors (Lipinski definition) is 1. The maximum atomic E-state index is 12.7. The van der Waals surface area contributed by atoms with Crippen LogP contribution in [0.3, 0.4) is 0 Å². The molecule has 1 unspecified atom stereocenters. The van der Waals surface area contributed by atoms with Crippen LogP contribution in [0.1, 0.15) is 54.5 Å². The van der Waals surface area contributed by atoms with Crippen LogP contribution in [0.4, 0.5) is 0 Å². The number of carbonyl (C=O) groups excluding carboxylic acids is 1. The average Bonchev–Trinajstić information content (AvgIpc) is 3.23. The number of nitrogens with zero attached hydrogens (tertiary/aromatic N) is 2. The van der Waals surface area contributed by atoms with Crippen molar-refractivity contribution in [2.75, 3.05) is 6.61 Å². The van der Waals surface area contributed by atoms with Crippen molar-refractivity contribution in [2.24, 2.45) is 0 Å². The Morgan fingerprint density at radius 3 is 2.45 bits per heavy atom. The summed E-state index contributed by atoms with van der Waals surface area (Å²) >= 11 is 0. The van der Waals surface area contributed by atoms with Crippen LogP contribution in [0.25, 0.3) is 11.0 Å². The summed E-state index contributed by atoms with van der Waals surface area (Å²) in [7, 11) is 0. The van der Waals surface area contributed by atoms with Crippen LogP contribution in [0.2, 0.25) is 0 Å². The van der Waals surface area contributed by atoms with Crippen LogP contribution in [-0.4, -0.2) is 22.1 Å². The topological polar surface area (TPSA) is 56.1 Å². The Balaban J connectivity index is 1.39. The van der Waals surface area contributed by atoms with Gasteiger partial charge in [-0.25, -0.2) is 4.98 Å². The summed E-state index contributed by atoms with van der Waals surface area (Å²) in [4.78, 5) is 17.5. The number of nitrogens with one attached hydrogen (secondary N) is 1. The molecule has 1 atom stereocenters. The van der Waals surface area contributed by atoms with Gasteiger partial charge in [0, 0.05) is 12.1 Å². The van der Waals surface area contributed by atoms with E-state index in [-0.39, 0.29) is 11.9 Å². The van der Waals surface area contributed by atoms with Crippen molar-refractivity contribution in [1.29, 1.82) is 0 Å². The van der Waals surface area contributed by atoms with Crippen molar-refractivity contribution < 1.29 is 9.53 Å². The van der Waals surface area contributed by atoms with E-state index in [2.05, 4.69) is 35.0 Å². The van der Waals surface area contributed by atoms with E-state index in [1.54, 1.807) is 0 Å². The molecule has 0 bridgehead atoms. The zero-order chi connectivity index (χ0) is 23.0. The van der Waals surface area contributed by atoms with Crippen LogP contribution < -0.4 is 10.1 Å². The minimum absolute atomic E-state index is 0.0933. The van der Waals surface area contributed by atoms with Gasteiger partial charge in [0.15, 0.2) is 0 Å². The number of para-hydroxylation sites is 2. The van der Waals surface area contributed by atoms with Crippen molar-refractivity contribution >= 4 is 16.9 Å². The Morgan fingerprint density at radius 1 is 0.970 bits per heavy atom. The van der Waals surface area contributed by atoms with Gasteiger partial charge in [-0.2, -0.15) is 0 Å². The number of carbonyl (C=O) groups is 1. The van der Waals surface area contributed by atoms with Gasteiger partial charge in [-0.3, -0.25) is 4.79 Å². The van der Waals surface area contributed by atoms with Gasteiger partial charge in [-0.15, -0.1) is 0 Å². The molecule has 0 aliphatic carbocycles. The molecule has 1 N–H and O–H groups in total. The average molecular weight is 442 g/mol. The summed E-state index contributed by atoms with van der Waals surface area (Å²) in [5.74, 6) is 1.69. The van der Waals surface area contributed by atoms with Crippen molar-refractivity contribution in [3.63, 3.8) is 0 Å². The molecule has 4 rings (SSSR count). The van der Waals surface area contributed by atoms with Gasteiger partial charge in [0.25, 0.3) is 5.91 Å². The molecule has 0 saturated carbocycles. The Hall–Kier alpha value is -3.60. The lowest BCUT2D eigenvalue weighted by atomic mass is 10.2. The van der Waals surface area contributed by atoms with Crippen LogP contribution >= 0.6 is 0 Å². The summed E-state index contributed by atoms with van der Waals surface area (Å²) in [6, 6.07) is 25.5. The predicted molar refractivity (Wildman–Crippen MR) is 133 cm³/mol. The number of fused-ring (bicyclic) bond motifs is 1. The third-order valence-corrected chi connectivity index (χ3v) is 5.83. The van der Waals surface area contributed by atoms with Crippen LogP contribution in [-0.2, 0) is 13.0 Å². The number of benzene rings is 3. The largest absolute Gasteiger partial charge is 0.494 e. The fourth-order valence-electron chi connectivity index (χ4n) is 3.98. The third-order valence-electron chi connectivity index (χ3n) is 5.83. The fourth-order valence-corrected chi connectivity index (χ4v) is 3.98. The quantitative estimate of drug-likeness (QED) is 0.310. The number of unbranched alkanes of at least 4 members (excludes halogenated alkanes) is 1. The maximum Gasteiger partial charge on any atom is 0.251 e. The number of hydrogen-bond acceptors (Lipinski definition) is 3. The lowest BCUT2D eigenvalue weighted by Gasteiger charge is -2.16. The minimum atomic E-state index is -0.210. The first-order valence-electron chi connectivity index (χ1n) is 11.7. The Kier molecular flexibility index (Phi) is 7.40. The first kappa shape index (κ1) is 22.6. The van der Waals surface area contributed by atoms with Crippen LogP contribution in [0.5, 0.6) is 5.75 Å². The number of ether oxygens (including phenoxy) is 1.